The molecule has 2 aromatic carbocycles. The molecule has 0 fully saturated rings. The number of hydrogen-bond donors (Lipinski definition) is 2. The van der Waals surface area contributed by atoms with Crippen molar-refractivity contribution in [3.05, 3.63) is 76.3 Å². The van der Waals surface area contributed by atoms with Crippen LogP contribution in [0.1, 0.15) is 5.56 Å². The predicted octanol–water partition coefficient (Wildman–Crippen LogP) is 4.82. The standard InChI is InChI=1S/C18H10F5N3O/c19-13-2-1-3-14(15(13)20)25-17-16-10-6-9(27)7-12(18(21,22)23)11(10)8-26(16)5-4-24-17/h1-8,24-25H. The number of fused-ring (bicyclic) bond motifs is 3. The average Bonchev–Trinajstić information content (AvgIpc) is 2.96. The molecule has 0 radical (unpaired) electrons. The minimum atomic E-state index is -4.71. The maximum Gasteiger partial charge on any atom is 0.417 e. The van der Waals surface area contributed by atoms with Crippen molar-refractivity contribution in [3.63, 3.8) is 0 Å². The van der Waals surface area contributed by atoms with Gasteiger partial charge in [0.05, 0.1) is 16.8 Å². The summed E-state index contributed by atoms with van der Waals surface area (Å²) < 4.78 is 68.7. The number of aromatic nitrogens is 2. The van der Waals surface area contributed by atoms with Crippen molar-refractivity contribution < 1.29 is 22.0 Å². The number of rotatable bonds is 2. The molecule has 4 aromatic rings. The molecule has 0 unspecified atom stereocenters. The van der Waals surface area contributed by atoms with Gasteiger partial charge in [0, 0.05) is 29.4 Å². The van der Waals surface area contributed by atoms with E-state index in [1.165, 1.54) is 35.1 Å². The zero-order chi connectivity index (χ0) is 19.3. The zero-order valence-electron chi connectivity index (χ0n) is 13.4. The first-order valence-electron chi connectivity index (χ1n) is 7.70. The number of nitrogens with one attached hydrogen (secondary N) is 2. The number of hydrogen-bond acceptors (Lipinski definition) is 2. The molecule has 0 saturated carbocycles. The SMILES string of the molecule is O=c1cc(C(F)(F)F)c2cn3cc[nH]c(Nc4cccc(F)c4F)c3c2c1. The van der Waals surface area contributed by atoms with E-state index in [9.17, 15) is 26.7 Å². The summed E-state index contributed by atoms with van der Waals surface area (Å²) in [5, 5.41) is 2.49. The molecule has 4 rings (SSSR count). The predicted molar refractivity (Wildman–Crippen MR) is 90.2 cm³/mol. The number of nitrogens with zero attached hydrogens (tertiary/aromatic N) is 1. The summed E-state index contributed by atoms with van der Waals surface area (Å²) in [6.07, 6.45) is -0.618. The molecule has 0 bridgehead atoms. The molecule has 0 atom stereocenters. The molecule has 0 spiro atoms. The largest absolute Gasteiger partial charge is 0.417 e. The summed E-state index contributed by atoms with van der Waals surface area (Å²) in [6.45, 7) is 0. The summed E-state index contributed by atoms with van der Waals surface area (Å²) >= 11 is 0. The lowest BCUT2D eigenvalue weighted by atomic mass is 10.1. The van der Waals surface area contributed by atoms with Crippen molar-refractivity contribution in [2.24, 2.45) is 0 Å². The number of halogens is 5. The molecular formula is C18H10F5N3O. The second-order valence-corrected chi connectivity index (χ2v) is 5.88. The Labute approximate surface area is 147 Å². The van der Waals surface area contributed by atoms with Gasteiger partial charge in [0.15, 0.2) is 17.1 Å². The Morgan fingerprint density at radius 1 is 1.07 bits per heavy atom. The van der Waals surface area contributed by atoms with E-state index in [4.69, 9.17) is 0 Å². The van der Waals surface area contributed by atoms with Crippen LogP contribution in [0.25, 0.3) is 16.3 Å². The second-order valence-electron chi connectivity index (χ2n) is 5.88. The molecule has 0 saturated heterocycles. The van der Waals surface area contributed by atoms with Crippen LogP contribution >= 0.6 is 0 Å². The van der Waals surface area contributed by atoms with Gasteiger partial charge in [-0.1, -0.05) is 6.07 Å². The fourth-order valence-electron chi connectivity index (χ4n) is 3.02. The van der Waals surface area contributed by atoms with E-state index in [2.05, 4.69) is 10.3 Å². The Kier molecular flexibility index (Phi) is 3.69. The number of alkyl halides is 3. The molecule has 9 heteroatoms. The number of H-pyrrole nitrogens is 1. The maximum absolute atomic E-state index is 14.0. The molecule has 2 N–H and O–H groups in total. The van der Waals surface area contributed by atoms with Gasteiger partial charge in [-0.05, 0) is 24.3 Å². The van der Waals surface area contributed by atoms with Crippen molar-refractivity contribution in [1.29, 1.82) is 0 Å². The van der Waals surface area contributed by atoms with Gasteiger partial charge in [-0.2, -0.15) is 13.2 Å². The van der Waals surface area contributed by atoms with Crippen LogP contribution in [-0.4, -0.2) is 9.38 Å². The first-order chi connectivity index (χ1) is 12.8. The third-order valence-corrected chi connectivity index (χ3v) is 4.15. The van der Waals surface area contributed by atoms with Crippen LogP contribution in [0.15, 0.2) is 53.7 Å². The fourth-order valence-corrected chi connectivity index (χ4v) is 3.02. The van der Waals surface area contributed by atoms with Crippen molar-refractivity contribution in [2.75, 3.05) is 5.32 Å². The molecule has 138 valence electrons. The first-order valence-corrected chi connectivity index (χ1v) is 7.70. The van der Waals surface area contributed by atoms with Crippen molar-refractivity contribution in [1.82, 2.24) is 9.38 Å². The molecule has 2 aromatic heterocycles. The highest BCUT2D eigenvalue weighted by Gasteiger charge is 2.34. The van der Waals surface area contributed by atoms with Gasteiger partial charge in [-0.3, -0.25) is 4.79 Å². The van der Waals surface area contributed by atoms with Crippen LogP contribution in [0, 0.1) is 11.6 Å². The van der Waals surface area contributed by atoms with Crippen LogP contribution < -0.4 is 10.7 Å². The van der Waals surface area contributed by atoms with Crippen molar-refractivity contribution in [3.8, 4) is 0 Å². The van der Waals surface area contributed by atoms with Gasteiger partial charge in [0.1, 0.15) is 5.82 Å². The Balaban J connectivity index is 2.01. The normalized spacial score (nSPS) is 12.0. The quantitative estimate of drug-likeness (QED) is 0.491. The van der Waals surface area contributed by atoms with Crippen LogP contribution in [0.4, 0.5) is 33.5 Å². The van der Waals surface area contributed by atoms with Crippen LogP contribution in [0.2, 0.25) is 0 Å². The van der Waals surface area contributed by atoms with Crippen molar-refractivity contribution >= 4 is 27.8 Å². The lowest BCUT2D eigenvalue weighted by Crippen LogP contribution is -2.10. The Bertz CT molecular complexity index is 1240. The monoisotopic (exact) mass is 379 g/mol. The summed E-state index contributed by atoms with van der Waals surface area (Å²) in [4.78, 5) is 14.6. The topological polar surface area (TPSA) is 49.3 Å². The van der Waals surface area contributed by atoms with E-state index in [0.29, 0.717) is 6.07 Å². The zero-order valence-corrected chi connectivity index (χ0v) is 13.4. The molecule has 27 heavy (non-hydrogen) atoms. The van der Waals surface area contributed by atoms with Crippen LogP contribution in [0.5, 0.6) is 0 Å². The molecule has 0 amide bonds. The highest BCUT2D eigenvalue weighted by atomic mass is 19.4. The lowest BCUT2D eigenvalue weighted by Gasteiger charge is -2.10. The van der Waals surface area contributed by atoms with Gasteiger partial charge in [-0.25, -0.2) is 8.78 Å². The van der Waals surface area contributed by atoms with Gasteiger partial charge in [0.25, 0.3) is 0 Å². The molecule has 0 aliphatic heterocycles. The summed E-state index contributed by atoms with van der Waals surface area (Å²) in [6, 6.07) is 5.11. The van der Waals surface area contributed by atoms with E-state index in [1.54, 1.807) is 0 Å². The van der Waals surface area contributed by atoms with Gasteiger partial charge in [0.2, 0.25) is 0 Å². The fraction of sp³-hybridized carbons (Fsp3) is 0.0556. The molecule has 4 nitrogen and oxygen atoms in total. The average molecular weight is 379 g/mol. The Morgan fingerprint density at radius 2 is 1.85 bits per heavy atom. The smallest absolute Gasteiger partial charge is 0.345 e. The van der Waals surface area contributed by atoms with Gasteiger partial charge < -0.3 is 14.7 Å². The third-order valence-electron chi connectivity index (χ3n) is 4.15. The second kappa shape index (κ2) is 5.83. The molecule has 2 heterocycles. The minimum Gasteiger partial charge on any atom is -0.345 e. The molecule has 0 aliphatic carbocycles. The lowest BCUT2D eigenvalue weighted by molar-refractivity contribution is -0.136. The van der Waals surface area contributed by atoms with E-state index in [0.717, 1.165) is 12.1 Å². The van der Waals surface area contributed by atoms with E-state index < -0.39 is 28.8 Å². The van der Waals surface area contributed by atoms with Crippen molar-refractivity contribution in [2.45, 2.75) is 6.18 Å². The van der Waals surface area contributed by atoms with Gasteiger partial charge >= 0.3 is 6.18 Å². The Hall–Kier alpha value is -3.36. The first kappa shape index (κ1) is 17.1. The number of benzene rings is 2. The molecular weight excluding hydrogens is 369 g/mol. The highest BCUT2D eigenvalue weighted by Crippen LogP contribution is 2.37. The van der Waals surface area contributed by atoms with Gasteiger partial charge in [-0.15, -0.1) is 0 Å². The molecule has 0 aliphatic rings. The number of aromatic amines is 1. The van der Waals surface area contributed by atoms with E-state index in [-0.39, 0.29) is 27.8 Å². The summed E-state index contributed by atoms with van der Waals surface area (Å²) in [7, 11) is 0. The number of anilines is 2. The maximum atomic E-state index is 14.0. The third kappa shape index (κ3) is 2.80. The Morgan fingerprint density at radius 3 is 2.59 bits per heavy atom. The van der Waals surface area contributed by atoms with E-state index >= 15 is 0 Å². The summed E-state index contributed by atoms with van der Waals surface area (Å²) in [5.74, 6) is -2.10. The van der Waals surface area contributed by atoms with E-state index in [1.807, 2.05) is 0 Å². The van der Waals surface area contributed by atoms with Crippen LogP contribution in [-0.2, 0) is 6.18 Å². The minimum absolute atomic E-state index is 0.0333. The highest BCUT2D eigenvalue weighted by molar-refractivity contribution is 6.04. The van der Waals surface area contributed by atoms with Crippen LogP contribution in [0.3, 0.4) is 0 Å². The summed E-state index contributed by atoms with van der Waals surface area (Å²) in [5.41, 5.74) is -1.88.